The van der Waals surface area contributed by atoms with Crippen molar-refractivity contribution in [2.24, 2.45) is 5.41 Å². The number of benzene rings is 3. The molecule has 1 saturated heterocycles. The molecule has 0 amide bonds. The molecule has 0 aliphatic carbocycles. The van der Waals surface area contributed by atoms with Crippen LogP contribution in [0.5, 0.6) is 5.75 Å². The summed E-state index contributed by atoms with van der Waals surface area (Å²) in [6, 6.07) is 20.8. The molecule has 1 unspecified atom stereocenters. The van der Waals surface area contributed by atoms with Crippen molar-refractivity contribution >= 4 is 21.7 Å². The van der Waals surface area contributed by atoms with E-state index in [1.807, 2.05) is 58.9 Å². The van der Waals surface area contributed by atoms with Crippen LogP contribution < -0.4 is 9.64 Å². The molecule has 12 heteroatoms. The van der Waals surface area contributed by atoms with Crippen LogP contribution in [-0.4, -0.2) is 97.2 Å². The van der Waals surface area contributed by atoms with Crippen LogP contribution in [-0.2, 0) is 51.7 Å². The van der Waals surface area contributed by atoms with E-state index in [1.165, 1.54) is 7.11 Å². The second kappa shape index (κ2) is 19.6. The summed E-state index contributed by atoms with van der Waals surface area (Å²) in [5.74, 6) is 0.291. The van der Waals surface area contributed by atoms with Gasteiger partial charge in [0.15, 0.2) is 0 Å². The molecular weight excluding hydrogens is 721 g/mol. The van der Waals surface area contributed by atoms with Gasteiger partial charge in [-0.25, -0.2) is 8.42 Å². The van der Waals surface area contributed by atoms with Crippen molar-refractivity contribution in [2.75, 3.05) is 65.2 Å². The number of esters is 1. The molecule has 2 heterocycles. The molecule has 55 heavy (non-hydrogen) atoms. The molecule has 11 nitrogen and oxygen atoms in total. The number of ether oxygens (including phenoxy) is 6. The van der Waals surface area contributed by atoms with Gasteiger partial charge >= 0.3 is 5.97 Å². The average Bonchev–Trinajstić information content (AvgIpc) is 3.17. The molecule has 2 aliphatic heterocycles. The van der Waals surface area contributed by atoms with E-state index >= 15 is 0 Å². The number of fused-ring (bicyclic) bond motifs is 1. The smallest absolute Gasteiger partial charge is 0.311 e. The highest BCUT2D eigenvalue weighted by Crippen LogP contribution is 2.42. The van der Waals surface area contributed by atoms with Crippen LogP contribution in [0.4, 0.5) is 5.69 Å². The maximum absolute atomic E-state index is 14.5. The van der Waals surface area contributed by atoms with Gasteiger partial charge in [-0.15, -0.1) is 0 Å². The Bertz CT molecular complexity index is 1780. The first-order valence-corrected chi connectivity index (χ1v) is 20.9. The summed E-state index contributed by atoms with van der Waals surface area (Å²) in [7, 11) is -0.891. The number of hydrogen-bond donors (Lipinski definition) is 0. The molecule has 0 aromatic heterocycles. The van der Waals surface area contributed by atoms with E-state index in [1.54, 1.807) is 23.5 Å². The molecule has 0 N–H and O–H groups in total. The minimum atomic E-state index is -3.97. The topological polar surface area (TPSA) is 113 Å². The second-order valence-electron chi connectivity index (χ2n) is 15.3. The number of hydrogen-bond acceptors (Lipinski definition) is 10. The Morgan fingerprint density at radius 3 is 2.42 bits per heavy atom. The molecule has 0 radical (unpaired) electrons. The molecular formula is C43H60N2O9S. The summed E-state index contributed by atoms with van der Waals surface area (Å²) in [5, 5.41) is 0. The largest absolute Gasteiger partial charge is 0.490 e. The van der Waals surface area contributed by atoms with Gasteiger partial charge in [0, 0.05) is 45.4 Å². The highest BCUT2D eigenvalue weighted by molar-refractivity contribution is 7.89. The van der Waals surface area contributed by atoms with Gasteiger partial charge < -0.3 is 33.3 Å². The third-order valence-electron chi connectivity index (χ3n) is 10.6. The van der Waals surface area contributed by atoms with E-state index in [0.717, 1.165) is 53.2 Å². The maximum atomic E-state index is 14.5. The highest BCUT2D eigenvalue weighted by Gasteiger charge is 2.46. The van der Waals surface area contributed by atoms with Gasteiger partial charge in [-0.2, -0.15) is 4.31 Å². The number of carbonyl (C=O) groups is 1. The minimum absolute atomic E-state index is 0.0103. The molecule has 2 aliphatic rings. The lowest BCUT2D eigenvalue weighted by Crippen LogP contribution is -2.54. The SMILES string of the molecule is CCOC(C)COCc1ccc([C@H]2C[C@@H](CC(C)(C)C(=O)OC)N(S(=O)(=O)c3ccc(C)cc3)C[C@@H]2OCc2ccc3c(c2)N(CCCOC)CCO3)cc1. The first-order chi connectivity index (χ1) is 26.4. The average molecular weight is 781 g/mol. The molecule has 302 valence electrons. The van der Waals surface area contributed by atoms with Gasteiger partial charge in [0.1, 0.15) is 12.4 Å². The van der Waals surface area contributed by atoms with Crippen LogP contribution in [0.25, 0.3) is 0 Å². The lowest BCUT2D eigenvalue weighted by atomic mass is 9.77. The summed E-state index contributed by atoms with van der Waals surface area (Å²) < 4.78 is 65.4. The standard InChI is InChI=1S/C43H60N2O9S/c1-8-52-32(3)28-51-29-33-12-15-35(16-13-33)38-25-36(26-43(4,5)42(46)50-7)45(55(47,48)37-17-10-31(2)11-18-37)27-41(38)54-30-34-14-19-40-39(24-34)44(21-23-53-40)20-9-22-49-6/h10-19,24,32,36,38,41H,8-9,20-23,25-30H2,1-7H3/t32?,36-,38+,41-/m0/s1. The zero-order valence-electron chi connectivity index (χ0n) is 33.6. The Labute approximate surface area is 328 Å². The number of carbonyl (C=O) groups excluding carboxylic acids is 1. The third kappa shape index (κ3) is 11.1. The lowest BCUT2D eigenvalue weighted by Gasteiger charge is -2.45. The van der Waals surface area contributed by atoms with Crippen molar-refractivity contribution in [3.63, 3.8) is 0 Å². The number of sulfonamides is 1. The first-order valence-electron chi connectivity index (χ1n) is 19.4. The van der Waals surface area contributed by atoms with Gasteiger partial charge in [-0.3, -0.25) is 4.79 Å². The Morgan fingerprint density at radius 2 is 1.73 bits per heavy atom. The Hall–Kier alpha value is -3.52. The minimum Gasteiger partial charge on any atom is -0.490 e. The summed E-state index contributed by atoms with van der Waals surface area (Å²) in [4.78, 5) is 15.5. The number of aryl methyl sites for hydroxylation is 1. The van der Waals surface area contributed by atoms with Crippen molar-refractivity contribution in [2.45, 2.75) is 96.2 Å². The van der Waals surface area contributed by atoms with Crippen LogP contribution in [0, 0.1) is 12.3 Å². The number of nitrogens with zero attached hydrogens (tertiary/aromatic N) is 2. The maximum Gasteiger partial charge on any atom is 0.311 e. The highest BCUT2D eigenvalue weighted by atomic mass is 32.2. The van der Waals surface area contributed by atoms with Gasteiger partial charge in [0.25, 0.3) is 0 Å². The van der Waals surface area contributed by atoms with Crippen molar-refractivity contribution in [1.29, 1.82) is 0 Å². The molecule has 1 fully saturated rings. The summed E-state index contributed by atoms with van der Waals surface area (Å²) in [6.07, 6.45) is 1.15. The van der Waals surface area contributed by atoms with Crippen molar-refractivity contribution in [3.05, 3.63) is 89.0 Å². The number of rotatable bonds is 19. The third-order valence-corrected chi connectivity index (χ3v) is 12.5. The fourth-order valence-electron chi connectivity index (χ4n) is 7.59. The van der Waals surface area contributed by atoms with Gasteiger partial charge in [0.05, 0.1) is 61.7 Å². The van der Waals surface area contributed by atoms with Gasteiger partial charge in [0.2, 0.25) is 10.0 Å². The fraction of sp³-hybridized carbons (Fsp3) is 0.558. The Morgan fingerprint density at radius 1 is 1.00 bits per heavy atom. The number of piperidine rings is 1. The Balaban J connectivity index is 1.46. The monoisotopic (exact) mass is 780 g/mol. The van der Waals surface area contributed by atoms with Crippen LogP contribution in [0.1, 0.15) is 75.1 Å². The predicted octanol–water partition coefficient (Wildman–Crippen LogP) is 6.89. The normalized spacial score (nSPS) is 19.8. The van der Waals surface area contributed by atoms with Crippen molar-refractivity contribution in [3.8, 4) is 5.75 Å². The van der Waals surface area contributed by atoms with Crippen molar-refractivity contribution < 1.29 is 41.6 Å². The molecule has 0 saturated carbocycles. The van der Waals surface area contributed by atoms with E-state index < -0.39 is 27.6 Å². The fourth-order valence-corrected chi connectivity index (χ4v) is 9.24. The summed E-state index contributed by atoms with van der Waals surface area (Å²) in [6.45, 7) is 14.4. The van der Waals surface area contributed by atoms with Crippen LogP contribution in [0.15, 0.2) is 71.6 Å². The molecule has 0 spiro atoms. The van der Waals surface area contributed by atoms with E-state index in [0.29, 0.717) is 39.5 Å². The van der Waals surface area contributed by atoms with E-state index in [-0.39, 0.29) is 42.5 Å². The van der Waals surface area contributed by atoms with E-state index in [4.69, 9.17) is 28.4 Å². The van der Waals surface area contributed by atoms with E-state index in [2.05, 4.69) is 35.2 Å². The molecule has 3 aromatic rings. The van der Waals surface area contributed by atoms with Crippen LogP contribution >= 0.6 is 0 Å². The van der Waals surface area contributed by atoms with Gasteiger partial charge in [-0.1, -0.05) is 48.0 Å². The van der Waals surface area contributed by atoms with Crippen LogP contribution in [0.2, 0.25) is 0 Å². The summed E-state index contributed by atoms with van der Waals surface area (Å²) >= 11 is 0. The quantitative estimate of drug-likeness (QED) is 0.0942. The number of methoxy groups -OCH3 is 2. The van der Waals surface area contributed by atoms with E-state index in [9.17, 15) is 13.2 Å². The molecule has 3 aromatic carbocycles. The zero-order chi connectivity index (χ0) is 39.6. The summed E-state index contributed by atoms with van der Waals surface area (Å²) in [5.41, 5.74) is 4.08. The molecule has 5 rings (SSSR count). The van der Waals surface area contributed by atoms with Crippen molar-refractivity contribution in [1.82, 2.24) is 4.31 Å². The predicted molar refractivity (Wildman–Crippen MR) is 213 cm³/mol. The second-order valence-corrected chi connectivity index (χ2v) is 17.2. The molecule has 4 atom stereocenters. The first kappa shape index (κ1) is 42.6. The zero-order valence-corrected chi connectivity index (χ0v) is 34.4. The molecule has 0 bridgehead atoms. The number of anilines is 1. The van der Waals surface area contributed by atoms with Gasteiger partial charge in [-0.05, 0) is 94.8 Å². The van der Waals surface area contributed by atoms with Crippen LogP contribution in [0.3, 0.4) is 0 Å². The Kier molecular flexibility index (Phi) is 15.2. The lowest BCUT2D eigenvalue weighted by molar-refractivity contribution is -0.152.